The lowest BCUT2D eigenvalue weighted by Gasteiger charge is -2.40. The molecule has 1 aromatic heterocycles. The summed E-state index contributed by atoms with van der Waals surface area (Å²) in [5, 5.41) is 14.6. The Kier molecular flexibility index (Phi) is 10.4. The molecule has 0 bridgehead atoms. The van der Waals surface area contributed by atoms with E-state index in [1.54, 1.807) is 0 Å². The number of likely N-dealkylation sites (N-methyl/N-ethyl adjacent to an activating group) is 1. The van der Waals surface area contributed by atoms with Crippen LogP contribution >= 0.6 is 0 Å². The zero-order chi connectivity index (χ0) is 31.3. The number of fused-ring (bicyclic) bond motifs is 2. The van der Waals surface area contributed by atoms with Crippen molar-refractivity contribution in [2.75, 3.05) is 20.1 Å². The number of hydrogen-bond acceptors (Lipinski definition) is 5. The van der Waals surface area contributed by atoms with Crippen LogP contribution in [0.3, 0.4) is 0 Å². The summed E-state index contributed by atoms with van der Waals surface area (Å²) >= 11 is 0. The molecule has 1 aromatic carbocycles. The average Bonchev–Trinajstić information content (AvgIpc) is 3.58. The van der Waals surface area contributed by atoms with E-state index in [0.717, 1.165) is 69.8 Å². The van der Waals surface area contributed by atoms with Crippen molar-refractivity contribution in [2.24, 2.45) is 17.8 Å². The summed E-state index contributed by atoms with van der Waals surface area (Å²) in [5.74, 6) is -0.182. The van der Waals surface area contributed by atoms with E-state index < -0.39 is 12.0 Å². The largest absolute Gasteiger partial charge is 0.393 e. The van der Waals surface area contributed by atoms with E-state index in [-0.39, 0.29) is 30.0 Å². The molecular formula is C36H51N3O4. The number of ketones is 2. The summed E-state index contributed by atoms with van der Waals surface area (Å²) in [6, 6.07) is 6.71. The molecule has 1 aliphatic heterocycles. The first-order valence-electron chi connectivity index (χ1n) is 17.2. The Balaban J connectivity index is 1.02. The first-order chi connectivity index (χ1) is 21.2. The number of aromatic nitrogens is 1. The highest BCUT2D eigenvalue weighted by Crippen LogP contribution is 2.41. The Morgan fingerprint density at radius 2 is 2.02 bits per heavy atom. The molecule has 1 fully saturated rings. The standard InChI is InChI=1S/C36H51N3O4/c1-3-4-6-10-27(40)17-15-25-16-18-33(41)28(25)11-7-5-8-14-34(42)36(43)38-21-24-19-30-29-12-9-13-31-35(29)26(22-37-31)20-32(30)39(2)23-24/h9,12-13,19,22,24-25,27-28,32,37,40H,3-8,10-11,14-18,20-21,23H2,1-2H3,(H,38,43)/t24-,25-,27-,28+,32+/m0/s1/i27D. The fourth-order valence-electron chi connectivity index (χ4n) is 7.71. The zero-order valence-corrected chi connectivity index (χ0v) is 26.1. The molecule has 0 saturated heterocycles. The molecule has 43 heavy (non-hydrogen) atoms. The van der Waals surface area contributed by atoms with Crippen LogP contribution in [-0.2, 0) is 20.8 Å². The number of unbranched alkanes of at least 4 members (excludes halogenated alkanes) is 4. The lowest BCUT2D eigenvalue weighted by molar-refractivity contribution is -0.138. The van der Waals surface area contributed by atoms with Gasteiger partial charge in [0.05, 0.1) is 7.45 Å². The quantitative estimate of drug-likeness (QED) is 0.165. The van der Waals surface area contributed by atoms with Crippen LogP contribution in [0.25, 0.3) is 16.5 Å². The maximum atomic E-state index is 12.6. The number of aromatic amines is 1. The molecule has 2 aliphatic carbocycles. The summed E-state index contributed by atoms with van der Waals surface area (Å²) in [4.78, 5) is 43.6. The van der Waals surface area contributed by atoms with E-state index in [9.17, 15) is 19.5 Å². The Morgan fingerprint density at radius 3 is 2.86 bits per heavy atom. The molecule has 0 radical (unpaired) electrons. The number of carbonyl (C=O) groups is 3. The van der Waals surface area contributed by atoms with Gasteiger partial charge in [-0.1, -0.05) is 57.2 Å². The number of amides is 1. The smallest absolute Gasteiger partial charge is 0.287 e. The lowest BCUT2D eigenvalue weighted by atomic mass is 9.80. The third kappa shape index (κ3) is 7.66. The maximum absolute atomic E-state index is 12.6. The van der Waals surface area contributed by atoms with Gasteiger partial charge in [0, 0.05) is 60.9 Å². The van der Waals surface area contributed by atoms with Gasteiger partial charge in [0.1, 0.15) is 5.78 Å². The van der Waals surface area contributed by atoms with Gasteiger partial charge >= 0.3 is 0 Å². The second-order valence-corrected chi connectivity index (χ2v) is 13.2. The molecule has 2 aromatic rings. The van der Waals surface area contributed by atoms with Crippen LogP contribution < -0.4 is 5.32 Å². The molecule has 3 N–H and O–H groups in total. The first kappa shape index (κ1) is 30.3. The van der Waals surface area contributed by atoms with Crippen LogP contribution in [0, 0.1) is 17.8 Å². The van der Waals surface area contributed by atoms with Crippen molar-refractivity contribution in [1.29, 1.82) is 0 Å². The van der Waals surface area contributed by atoms with Crippen LogP contribution in [0.1, 0.15) is 103 Å². The molecular weight excluding hydrogens is 538 g/mol. The van der Waals surface area contributed by atoms with Gasteiger partial charge in [-0.05, 0) is 80.7 Å². The minimum Gasteiger partial charge on any atom is -0.393 e. The SMILES string of the molecule is [2H][C@](O)(CCCCC)CC[C@H]1CCC(=O)[C@@H]1CCCCCC(=O)C(=O)NC[C@@H]1C=C2c3cccc4[nH]cc(c34)C[C@H]2N(C)C1. The van der Waals surface area contributed by atoms with Gasteiger partial charge in [0.25, 0.3) is 5.91 Å². The molecule has 7 heteroatoms. The number of rotatable bonds is 16. The molecule has 3 aliphatic rings. The number of benzene rings is 1. The average molecular weight is 591 g/mol. The van der Waals surface area contributed by atoms with Crippen LogP contribution in [0.2, 0.25) is 0 Å². The molecule has 5 atom stereocenters. The first-order valence-corrected chi connectivity index (χ1v) is 16.7. The normalized spacial score (nSPS) is 25.2. The van der Waals surface area contributed by atoms with E-state index in [1.807, 2.05) is 0 Å². The number of nitrogens with one attached hydrogen (secondary N) is 2. The van der Waals surface area contributed by atoms with Gasteiger partial charge in [0.15, 0.2) is 0 Å². The zero-order valence-electron chi connectivity index (χ0n) is 27.1. The van der Waals surface area contributed by atoms with Crippen LogP contribution in [-0.4, -0.2) is 64.7 Å². The van der Waals surface area contributed by atoms with Crippen LogP contribution in [0.4, 0.5) is 0 Å². The van der Waals surface area contributed by atoms with Gasteiger partial charge < -0.3 is 15.4 Å². The summed E-state index contributed by atoms with van der Waals surface area (Å²) in [6.45, 7) is 3.39. The Hall–Kier alpha value is -2.77. The van der Waals surface area contributed by atoms with Crippen molar-refractivity contribution in [3.63, 3.8) is 0 Å². The number of hydrogen-bond donors (Lipinski definition) is 3. The lowest BCUT2D eigenvalue weighted by Crippen LogP contribution is -2.45. The van der Waals surface area contributed by atoms with E-state index in [4.69, 9.17) is 1.37 Å². The van der Waals surface area contributed by atoms with Gasteiger partial charge in [-0.15, -0.1) is 0 Å². The highest BCUT2D eigenvalue weighted by Gasteiger charge is 2.35. The highest BCUT2D eigenvalue weighted by molar-refractivity contribution is 6.36. The molecule has 1 saturated carbocycles. The predicted molar refractivity (Wildman–Crippen MR) is 172 cm³/mol. The third-order valence-electron chi connectivity index (χ3n) is 10.2. The summed E-state index contributed by atoms with van der Waals surface area (Å²) in [5.41, 5.74) is 5.09. The molecule has 7 nitrogen and oxygen atoms in total. The fraction of sp³-hybridized carbons (Fsp3) is 0.639. The summed E-state index contributed by atoms with van der Waals surface area (Å²) in [6.07, 6.45) is 13.4. The number of aliphatic hydroxyl groups is 1. The minimum atomic E-state index is -1.39. The third-order valence-corrected chi connectivity index (χ3v) is 10.2. The highest BCUT2D eigenvalue weighted by atomic mass is 16.3. The molecule has 1 amide bonds. The monoisotopic (exact) mass is 590 g/mol. The Labute approximate surface area is 258 Å². The maximum Gasteiger partial charge on any atom is 0.287 e. The second-order valence-electron chi connectivity index (χ2n) is 13.2. The predicted octanol–water partition coefficient (Wildman–Crippen LogP) is 5.99. The molecule has 0 spiro atoms. The minimum absolute atomic E-state index is 0.00256. The number of nitrogens with zero attached hydrogens (tertiary/aromatic N) is 1. The summed E-state index contributed by atoms with van der Waals surface area (Å²) in [7, 11) is 2.14. The molecule has 0 unspecified atom stereocenters. The van der Waals surface area contributed by atoms with Crippen molar-refractivity contribution in [3.8, 4) is 0 Å². The Morgan fingerprint density at radius 1 is 1.16 bits per heavy atom. The van der Waals surface area contributed by atoms with Crippen LogP contribution in [0.5, 0.6) is 0 Å². The van der Waals surface area contributed by atoms with Crippen molar-refractivity contribution < 1.29 is 20.9 Å². The van der Waals surface area contributed by atoms with E-state index in [0.29, 0.717) is 44.1 Å². The van der Waals surface area contributed by atoms with E-state index in [1.165, 1.54) is 22.1 Å². The molecule has 2 heterocycles. The Bertz CT molecular complexity index is 1360. The number of H-pyrrole nitrogens is 1. The van der Waals surface area contributed by atoms with Crippen molar-refractivity contribution >= 4 is 33.9 Å². The van der Waals surface area contributed by atoms with E-state index in [2.05, 4.69) is 59.6 Å². The summed E-state index contributed by atoms with van der Waals surface area (Å²) < 4.78 is 8.22. The van der Waals surface area contributed by atoms with Gasteiger partial charge in [-0.25, -0.2) is 0 Å². The topological polar surface area (TPSA) is 102 Å². The van der Waals surface area contributed by atoms with Crippen molar-refractivity contribution in [2.45, 2.75) is 109 Å². The van der Waals surface area contributed by atoms with Crippen molar-refractivity contribution in [1.82, 2.24) is 15.2 Å². The second kappa shape index (κ2) is 14.8. The van der Waals surface area contributed by atoms with Crippen molar-refractivity contribution in [3.05, 3.63) is 41.6 Å². The number of Topliss-reactive ketones (excluding diaryl/α,β-unsaturated/α-hetero) is 2. The van der Waals surface area contributed by atoms with Gasteiger partial charge in [0.2, 0.25) is 5.78 Å². The van der Waals surface area contributed by atoms with Gasteiger partial charge in [-0.3, -0.25) is 19.3 Å². The van der Waals surface area contributed by atoms with E-state index >= 15 is 0 Å². The fourth-order valence-corrected chi connectivity index (χ4v) is 7.71. The molecule has 5 rings (SSSR count). The molecule has 234 valence electrons. The van der Waals surface area contributed by atoms with Crippen LogP contribution in [0.15, 0.2) is 30.5 Å². The van der Waals surface area contributed by atoms with Gasteiger partial charge in [-0.2, -0.15) is 0 Å². The number of carbonyl (C=O) groups excluding carboxylic acids is 3.